The third kappa shape index (κ3) is 5.18. The molecule has 1 aromatic heterocycles. The largest absolute Gasteiger partial charge is 0.466 e. The second-order valence-corrected chi connectivity index (χ2v) is 5.28. The Morgan fingerprint density at radius 2 is 2.14 bits per heavy atom. The number of rotatable bonds is 7. The summed E-state index contributed by atoms with van der Waals surface area (Å²) in [6.07, 6.45) is 0.802. The first kappa shape index (κ1) is 15.5. The van der Waals surface area contributed by atoms with E-state index in [4.69, 9.17) is 4.74 Å². The minimum atomic E-state index is -0.298. The van der Waals surface area contributed by atoms with E-state index in [1.807, 2.05) is 24.3 Å². The summed E-state index contributed by atoms with van der Waals surface area (Å²) in [6, 6.07) is 7.95. The molecule has 0 saturated heterocycles. The first-order valence-corrected chi connectivity index (χ1v) is 7.52. The maximum atomic E-state index is 11.3. The van der Waals surface area contributed by atoms with Gasteiger partial charge in [-0.25, -0.2) is 4.98 Å². The first-order valence-electron chi connectivity index (χ1n) is 6.72. The summed E-state index contributed by atoms with van der Waals surface area (Å²) in [4.78, 5) is 15.6. The normalized spacial score (nSPS) is 10.4. The zero-order valence-corrected chi connectivity index (χ0v) is 13.3. The fourth-order valence-corrected chi connectivity index (χ4v) is 2.03. The standard InChI is InChI=1S/C14H17BrN4O2/c1-2-21-14(20)9-13-17-12(18-19-13)7-8-16-11-5-3-10(15)4-6-11/h3-6,16H,2,7-9H2,1H3,(H,17,18,19). The lowest BCUT2D eigenvalue weighted by atomic mass is 10.3. The molecule has 0 unspecified atom stereocenters. The Morgan fingerprint density at radius 3 is 2.86 bits per heavy atom. The van der Waals surface area contributed by atoms with Crippen molar-refractivity contribution in [3.05, 3.63) is 40.4 Å². The summed E-state index contributed by atoms with van der Waals surface area (Å²) in [6.45, 7) is 2.87. The molecular formula is C14H17BrN4O2. The zero-order valence-electron chi connectivity index (χ0n) is 11.7. The minimum Gasteiger partial charge on any atom is -0.466 e. The number of hydrogen-bond acceptors (Lipinski definition) is 5. The lowest BCUT2D eigenvalue weighted by Gasteiger charge is -2.04. The first-order chi connectivity index (χ1) is 10.2. The molecule has 0 saturated carbocycles. The van der Waals surface area contributed by atoms with Crippen LogP contribution in [0.2, 0.25) is 0 Å². The van der Waals surface area contributed by atoms with Crippen LogP contribution >= 0.6 is 15.9 Å². The molecule has 0 amide bonds. The molecule has 112 valence electrons. The average molecular weight is 353 g/mol. The zero-order chi connectivity index (χ0) is 15.1. The van der Waals surface area contributed by atoms with E-state index in [-0.39, 0.29) is 12.4 Å². The number of halogens is 1. The Labute approximate surface area is 131 Å². The van der Waals surface area contributed by atoms with Crippen molar-refractivity contribution in [2.45, 2.75) is 19.8 Å². The van der Waals surface area contributed by atoms with Crippen LogP contribution in [0.3, 0.4) is 0 Å². The van der Waals surface area contributed by atoms with Gasteiger partial charge in [0.05, 0.1) is 6.61 Å². The van der Waals surface area contributed by atoms with Crippen LogP contribution in [-0.4, -0.2) is 34.3 Å². The fourth-order valence-electron chi connectivity index (χ4n) is 1.76. The number of esters is 1. The minimum absolute atomic E-state index is 0.126. The maximum absolute atomic E-state index is 11.3. The lowest BCUT2D eigenvalue weighted by Crippen LogP contribution is -2.09. The van der Waals surface area contributed by atoms with Gasteiger partial charge in [0.15, 0.2) is 5.82 Å². The highest BCUT2D eigenvalue weighted by atomic mass is 79.9. The van der Waals surface area contributed by atoms with Crippen LogP contribution in [0.5, 0.6) is 0 Å². The number of H-pyrrole nitrogens is 1. The Morgan fingerprint density at radius 1 is 1.38 bits per heavy atom. The van der Waals surface area contributed by atoms with Gasteiger partial charge in [0.25, 0.3) is 0 Å². The third-order valence-corrected chi connectivity index (χ3v) is 3.25. The van der Waals surface area contributed by atoms with Crippen LogP contribution < -0.4 is 5.32 Å². The van der Waals surface area contributed by atoms with Gasteiger partial charge >= 0.3 is 5.97 Å². The number of carbonyl (C=O) groups is 1. The Bertz CT molecular complexity index is 583. The van der Waals surface area contributed by atoms with Crippen molar-refractivity contribution in [2.75, 3.05) is 18.5 Å². The van der Waals surface area contributed by atoms with E-state index in [2.05, 4.69) is 36.4 Å². The van der Waals surface area contributed by atoms with Gasteiger partial charge in [-0.2, -0.15) is 5.10 Å². The molecular weight excluding hydrogens is 336 g/mol. The number of benzene rings is 1. The number of carbonyl (C=O) groups excluding carboxylic acids is 1. The molecule has 7 heteroatoms. The van der Waals surface area contributed by atoms with Gasteiger partial charge in [-0.3, -0.25) is 9.89 Å². The predicted octanol–water partition coefficient (Wildman–Crippen LogP) is 2.33. The number of nitrogens with one attached hydrogen (secondary N) is 2. The van der Waals surface area contributed by atoms with Crippen LogP contribution in [0.1, 0.15) is 18.6 Å². The van der Waals surface area contributed by atoms with E-state index in [9.17, 15) is 4.79 Å². The smallest absolute Gasteiger partial charge is 0.313 e. The van der Waals surface area contributed by atoms with Crippen LogP contribution in [0, 0.1) is 0 Å². The van der Waals surface area contributed by atoms with Crippen molar-refractivity contribution < 1.29 is 9.53 Å². The van der Waals surface area contributed by atoms with E-state index >= 15 is 0 Å². The van der Waals surface area contributed by atoms with Crippen molar-refractivity contribution in [3.8, 4) is 0 Å². The summed E-state index contributed by atoms with van der Waals surface area (Å²) in [7, 11) is 0. The highest BCUT2D eigenvalue weighted by Gasteiger charge is 2.09. The van der Waals surface area contributed by atoms with E-state index in [0.717, 1.165) is 16.7 Å². The molecule has 21 heavy (non-hydrogen) atoms. The summed E-state index contributed by atoms with van der Waals surface area (Å²) < 4.78 is 5.91. The predicted molar refractivity (Wildman–Crippen MR) is 83.1 cm³/mol. The van der Waals surface area contributed by atoms with Crippen molar-refractivity contribution in [1.82, 2.24) is 15.2 Å². The van der Waals surface area contributed by atoms with Crippen LogP contribution in [0.15, 0.2) is 28.7 Å². The molecule has 2 rings (SSSR count). The van der Waals surface area contributed by atoms with Crippen molar-refractivity contribution >= 4 is 27.6 Å². The quantitative estimate of drug-likeness (QED) is 0.747. The average Bonchev–Trinajstić information content (AvgIpc) is 2.89. The maximum Gasteiger partial charge on any atom is 0.313 e. The molecule has 1 heterocycles. The highest BCUT2D eigenvalue weighted by molar-refractivity contribution is 9.10. The SMILES string of the molecule is CCOC(=O)Cc1nc(CCNc2ccc(Br)cc2)n[nH]1. The Hall–Kier alpha value is -1.89. The fraction of sp³-hybridized carbons (Fsp3) is 0.357. The van der Waals surface area contributed by atoms with E-state index in [1.165, 1.54) is 0 Å². The molecule has 6 nitrogen and oxygen atoms in total. The summed E-state index contributed by atoms with van der Waals surface area (Å²) in [5.41, 5.74) is 1.04. The Balaban J connectivity index is 1.77. The molecule has 0 fully saturated rings. The number of ether oxygens (including phenoxy) is 1. The summed E-state index contributed by atoms with van der Waals surface area (Å²) in [5.74, 6) is 0.916. The molecule has 2 N–H and O–H groups in total. The molecule has 0 aliphatic heterocycles. The molecule has 0 atom stereocenters. The summed E-state index contributed by atoms with van der Waals surface area (Å²) in [5, 5.41) is 10.1. The highest BCUT2D eigenvalue weighted by Crippen LogP contribution is 2.13. The van der Waals surface area contributed by atoms with Crippen LogP contribution in [0.25, 0.3) is 0 Å². The third-order valence-electron chi connectivity index (χ3n) is 2.72. The van der Waals surface area contributed by atoms with Gasteiger partial charge in [-0.1, -0.05) is 15.9 Å². The lowest BCUT2D eigenvalue weighted by molar-refractivity contribution is -0.142. The van der Waals surface area contributed by atoms with Gasteiger partial charge in [0, 0.05) is 23.1 Å². The topological polar surface area (TPSA) is 79.9 Å². The van der Waals surface area contributed by atoms with Gasteiger partial charge in [0.1, 0.15) is 12.2 Å². The second-order valence-electron chi connectivity index (χ2n) is 4.36. The van der Waals surface area contributed by atoms with Crippen molar-refractivity contribution in [3.63, 3.8) is 0 Å². The second kappa shape index (κ2) is 7.78. The van der Waals surface area contributed by atoms with Gasteiger partial charge in [-0.15, -0.1) is 0 Å². The number of aromatic nitrogens is 3. The van der Waals surface area contributed by atoms with E-state index < -0.39 is 0 Å². The van der Waals surface area contributed by atoms with Gasteiger partial charge in [0.2, 0.25) is 0 Å². The van der Waals surface area contributed by atoms with Crippen molar-refractivity contribution in [1.29, 1.82) is 0 Å². The number of nitrogens with zero attached hydrogens (tertiary/aromatic N) is 2. The molecule has 0 bridgehead atoms. The number of anilines is 1. The number of aromatic amines is 1. The van der Waals surface area contributed by atoms with E-state index in [0.29, 0.717) is 24.7 Å². The molecule has 0 spiro atoms. The van der Waals surface area contributed by atoms with Crippen molar-refractivity contribution in [2.24, 2.45) is 0 Å². The Kier molecular flexibility index (Phi) is 5.74. The molecule has 2 aromatic rings. The van der Waals surface area contributed by atoms with Gasteiger partial charge < -0.3 is 10.1 Å². The molecule has 0 aliphatic carbocycles. The van der Waals surface area contributed by atoms with Crippen LogP contribution in [0.4, 0.5) is 5.69 Å². The monoisotopic (exact) mass is 352 g/mol. The molecule has 0 radical (unpaired) electrons. The number of hydrogen-bond donors (Lipinski definition) is 2. The summed E-state index contributed by atoms with van der Waals surface area (Å²) >= 11 is 3.39. The van der Waals surface area contributed by atoms with Crippen LogP contribution in [-0.2, 0) is 22.4 Å². The van der Waals surface area contributed by atoms with Gasteiger partial charge in [-0.05, 0) is 31.2 Å². The van der Waals surface area contributed by atoms with E-state index in [1.54, 1.807) is 6.92 Å². The molecule has 1 aromatic carbocycles. The molecule has 0 aliphatic rings.